The topological polar surface area (TPSA) is 52.6 Å². The van der Waals surface area contributed by atoms with Crippen molar-refractivity contribution in [3.8, 4) is 0 Å². The first-order valence-electron chi connectivity index (χ1n) is 6.65. The number of rotatable bonds is 7. The van der Waals surface area contributed by atoms with Gasteiger partial charge in [0.25, 0.3) is 0 Å². The fraction of sp³-hybridized carbons (Fsp3) is 0.467. The molecule has 0 N–H and O–H groups in total. The van der Waals surface area contributed by atoms with E-state index in [0.29, 0.717) is 25.2 Å². The van der Waals surface area contributed by atoms with Gasteiger partial charge < -0.3 is 9.47 Å². The Morgan fingerprint density at radius 3 is 2.25 bits per heavy atom. The number of ether oxygens (including phenoxy) is 2. The summed E-state index contributed by atoms with van der Waals surface area (Å²) >= 11 is 3.31. The van der Waals surface area contributed by atoms with Gasteiger partial charge in [-0.05, 0) is 44.4 Å². The molecule has 1 unspecified atom stereocenters. The third kappa shape index (κ3) is 5.33. The van der Waals surface area contributed by atoms with Crippen LogP contribution in [0, 0.1) is 0 Å². The van der Waals surface area contributed by atoms with Crippen LogP contribution in [0.4, 0.5) is 0 Å². The molecule has 0 aromatic heterocycles. The smallest absolute Gasteiger partial charge is 0.338 e. The lowest BCUT2D eigenvalue weighted by atomic mass is 10.1. The van der Waals surface area contributed by atoms with Gasteiger partial charge in [0.15, 0.2) is 0 Å². The van der Waals surface area contributed by atoms with Crippen molar-refractivity contribution in [1.82, 2.24) is 0 Å². The molecule has 1 aromatic rings. The molecular formula is C15H19BrO4. The molecule has 0 heterocycles. The molecule has 0 aliphatic rings. The summed E-state index contributed by atoms with van der Waals surface area (Å²) in [7, 11) is 0. The summed E-state index contributed by atoms with van der Waals surface area (Å²) in [6.45, 7) is 4.31. The summed E-state index contributed by atoms with van der Waals surface area (Å²) in [4.78, 5) is 22.6. The van der Waals surface area contributed by atoms with Gasteiger partial charge in [0.1, 0.15) is 4.83 Å². The summed E-state index contributed by atoms with van der Waals surface area (Å²) in [6.07, 6.45) is 1.38. The Balaban J connectivity index is 2.49. The number of hydrogen-bond acceptors (Lipinski definition) is 4. The second-order valence-electron chi connectivity index (χ2n) is 4.18. The van der Waals surface area contributed by atoms with Crippen LogP contribution >= 0.6 is 15.9 Å². The van der Waals surface area contributed by atoms with E-state index in [1.54, 1.807) is 26.0 Å². The van der Waals surface area contributed by atoms with Crippen molar-refractivity contribution in [2.75, 3.05) is 13.2 Å². The average Bonchev–Trinajstić information content (AvgIpc) is 2.45. The van der Waals surface area contributed by atoms with E-state index >= 15 is 0 Å². The number of benzene rings is 1. The lowest BCUT2D eigenvalue weighted by Crippen LogP contribution is -2.18. The molecule has 110 valence electrons. The van der Waals surface area contributed by atoms with Crippen molar-refractivity contribution >= 4 is 27.9 Å². The zero-order valence-electron chi connectivity index (χ0n) is 11.7. The average molecular weight is 343 g/mol. The first kappa shape index (κ1) is 16.7. The number of halogens is 1. The van der Waals surface area contributed by atoms with Crippen molar-refractivity contribution in [3.63, 3.8) is 0 Å². The zero-order valence-corrected chi connectivity index (χ0v) is 13.3. The van der Waals surface area contributed by atoms with Crippen molar-refractivity contribution in [1.29, 1.82) is 0 Å². The fourth-order valence-corrected chi connectivity index (χ4v) is 2.03. The van der Waals surface area contributed by atoms with Gasteiger partial charge in [0.2, 0.25) is 0 Å². The van der Waals surface area contributed by atoms with Gasteiger partial charge in [-0.15, -0.1) is 0 Å². The van der Waals surface area contributed by atoms with Crippen LogP contribution in [0.2, 0.25) is 0 Å². The highest BCUT2D eigenvalue weighted by molar-refractivity contribution is 9.10. The van der Waals surface area contributed by atoms with Crippen molar-refractivity contribution in [3.05, 3.63) is 35.4 Å². The van der Waals surface area contributed by atoms with Gasteiger partial charge in [-0.2, -0.15) is 0 Å². The Bertz CT molecular complexity index is 442. The van der Waals surface area contributed by atoms with Crippen LogP contribution in [-0.4, -0.2) is 30.0 Å². The minimum absolute atomic E-state index is 0.240. The monoisotopic (exact) mass is 342 g/mol. The van der Waals surface area contributed by atoms with Crippen LogP contribution in [0.25, 0.3) is 0 Å². The van der Waals surface area contributed by atoms with Gasteiger partial charge in [-0.25, -0.2) is 4.79 Å². The van der Waals surface area contributed by atoms with Crippen LogP contribution in [0.1, 0.15) is 36.2 Å². The Morgan fingerprint density at radius 2 is 1.70 bits per heavy atom. The van der Waals surface area contributed by atoms with Crippen molar-refractivity contribution in [2.45, 2.75) is 31.5 Å². The molecule has 0 aliphatic heterocycles. The van der Waals surface area contributed by atoms with Crippen molar-refractivity contribution < 1.29 is 19.1 Å². The molecule has 0 aliphatic carbocycles. The van der Waals surface area contributed by atoms with E-state index in [1.807, 2.05) is 12.1 Å². The minimum atomic E-state index is -0.316. The van der Waals surface area contributed by atoms with E-state index in [0.717, 1.165) is 12.0 Å². The normalized spacial score (nSPS) is 11.8. The Hall–Kier alpha value is -1.36. The highest BCUT2D eigenvalue weighted by Crippen LogP contribution is 2.14. The van der Waals surface area contributed by atoms with E-state index in [9.17, 15) is 9.59 Å². The number of esters is 2. The van der Waals surface area contributed by atoms with Gasteiger partial charge in [-0.3, -0.25) is 4.79 Å². The predicted molar refractivity (Wildman–Crippen MR) is 80.1 cm³/mol. The Labute approximate surface area is 127 Å². The maximum absolute atomic E-state index is 11.5. The zero-order chi connectivity index (χ0) is 15.0. The molecule has 5 heteroatoms. The van der Waals surface area contributed by atoms with Crippen LogP contribution in [0.15, 0.2) is 24.3 Å². The Morgan fingerprint density at radius 1 is 1.10 bits per heavy atom. The van der Waals surface area contributed by atoms with E-state index in [-0.39, 0.29) is 16.8 Å². The molecule has 1 rings (SSSR count). The largest absolute Gasteiger partial charge is 0.465 e. The summed E-state index contributed by atoms with van der Waals surface area (Å²) in [6, 6.07) is 7.22. The lowest BCUT2D eigenvalue weighted by Gasteiger charge is -2.09. The van der Waals surface area contributed by atoms with Crippen LogP contribution in [0.3, 0.4) is 0 Å². The molecule has 0 bridgehead atoms. The second-order valence-corrected chi connectivity index (χ2v) is 5.28. The third-order valence-corrected chi connectivity index (χ3v) is 3.53. The van der Waals surface area contributed by atoms with E-state index in [2.05, 4.69) is 15.9 Å². The molecule has 20 heavy (non-hydrogen) atoms. The molecule has 0 amide bonds. The predicted octanol–water partition coefficient (Wildman–Crippen LogP) is 3.12. The quantitative estimate of drug-likeness (QED) is 0.564. The molecule has 1 atom stereocenters. The molecule has 0 radical (unpaired) electrons. The van der Waals surface area contributed by atoms with Gasteiger partial charge >= 0.3 is 11.9 Å². The van der Waals surface area contributed by atoms with Crippen molar-refractivity contribution in [2.24, 2.45) is 0 Å². The standard InChI is InChI=1S/C15H19BrO4/c1-3-19-14(17)12-8-5-11(6-9-12)7-10-13(16)15(18)20-4-2/h5-6,8-9,13H,3-4,7,10H2,1-2H3. The van der Waals surface area contributed by atoms with Crippen LogP contribution < -0.4 is 0 Å². The van der Waals surface area contributed by atoms with Gasteiger partial charge in [0, 0.05) is 0 Å². The Kier molecular flexibility index (Phi) is 7.30. The third-order valence-electron chi connectivity index (χ3n) is 2.69. The number of aryl methyl sites for hydroxylation is 1. The lowest BCUT2D eigenvalue weighted by molar-refractivity contribution is -0.142. The van der Waals surface area contributed by atoms with E-state index in [4.69, 9.17) is 9.47 Å². The fourth-order valence-electron chi connectivity index (χ4n) is 1.67. The minimum Gasteiger partial charge on any atom is -0.465 e. The molecule has 1 aromatic carbocycles. The number of alkyl halides is 1. The summed E-state index contributed by atoms with van der Waals surface area (Å²) in [5, 5.41) is 0. The first-order valence-corrected chi connectivity index (χ1v) is 7.56. The van der Waals surface area contributed by atoms with Crippen LogP contribution in [0.5, 0.6) is 0 Å². The summed E-state index contributed by atoms with van der Waals surface area (Å²) in [5.41, 5.74) is 1.60. The molecule has 4 nitrogen and oxygen atoms in total. The molecule has 0 fully saturated rings. The van der Waals surface area contributed by atoms with Gasteiger partial charge in [-0.1, -0.05) is 28.1 Å². The summed E-state index contributed by atoms with van der Waals surface area (Å²) in [5.74, 6) is -0.556. The molecule has 0 saturated carbocycles. The maximum atomic E-state index is 11.5. The molecule has 0 saturated heterocycles. The second kappa shape index (κ2) is 8.74. The maximum Gasteiger partial charge on any atom is 0.338 e. The van der Waals surface area contributed by atoms with E-state index in [1.165, 1.54) is 0 Å². The molecular weight excluding hydrogens is 324 g/mol. The SMILES string of the molecule is CCOC(=O)c1ccc(CCC(Br)C(=O)OCC)cc1. The molecule has 0 spiro atoms. The summed E-state index contributed by atoms with van der Waals surface area (Å²) < 4.78 is 9.84. The van der Waals surface area contributed by atoms with Crippen LogP contribution in [-0.2, 0) is 20.7 Å². The number of carbonyl (C=O) groups is 2. The first-order chi connectivity index (χ1) is 9.58. The highest BCUT2D eigenvalue weighted by Gasteiger charge is 2.15. The number of hydrogen-bond donors (Lipinski definition) is 0. The highest BCUT2D eigenvalue weighted by atomic mass is 79.9. The van der Waals surface area contributed by atoms with Gasteiger partial charge in [0.05, 0.1) is 18.8 Å². The van der Waals surface area contributed by atoms with E-state index < -0.39 is 0 Å². The number of carbonyl (C=O) groups excluding carboxylic acids is 2.